The molecule has 2 unspecified atom stereocenters. The van der Waals surface area contributed by atoms with E-state index in [1.807, 2.05) is 39.8 Å². The van der Waals surface area contributed by atoms with Crippen LogP contribution in [0.2, 0.25) is 5.02 Å². The number of carbonyl (C=O) groups excluding carboxylic acids is 1. The van der Waals surface area contributed by atoms with Crippen molar-refractivity contribution in [1.82, 2.24) is 15.2 Å². The smallest absolute Gasteiger partial charge is 0.411 e. The average molecular weight is 435 g/mol. The number of amides is 1. The highest BCUT2D eigenvalue weighted by Gasteiger charge is 2.39. The number of anilines is 1. The maximum Gasteiger partial charge on any atom is 0.411 e. The Labute approximate surface area is 182 Å². The van der Waals surface area contributed by atoms with Crippen LogP contribution in [0.15, 0.2) is 16.5 Å². The molecule has 8 heteroatoms. The summed E-state index contributed by atoms with van der Waals surface area (Å²) in [6, 6.07) is 3.41. The molecule has 164 valence electrons. The molecule has 0 radical (unpaired) electrons. The third-order valence-electron chi connectivity index (χ3n) is 5.66. The lowest BCUT2D eigenvalue weighted by molar-refractivity contribution is 0.00267. The number of hydrogen-bond donors (Lipinski definition) is 1. The average Bonchev–Trinajstić information content (AvgIpc) is 3.09. The molecule has 0 spiro atoms. The predicted molar refractivity (Wildman–Crippen MR) is 118 cm³/mol. The van der Waals surface area contributed by atoms with Crippen LogP contribution in [-0.4, -0.2) is 53.8 Å². The lowest BCUT2D eigenvalue weighted by Gasteiger charge is -2.39. The quantitative estimate of drug-likeness (QED) is 0.736. The van der Waals surface area contributed by atoms with Crippen molar-refractivity contribution >= 4 is 34.5 Å². The summed E-state index contributed by atoms with van der Waals surface area (Å²) in [4.78, 5) is 21.7. The maximum absolute atomic E-state index is 12.9. The molecule has 0 saturated carbocycles. The van der Waals surface area contributed by atoms with Gasteiger partial charge in [0.1, 0.15) is 17.2 Å². The highest BCUT2D eigenvalue weighted by molar-refractivity contribution is 6.31. The first-order valence-electron chi connectivity index (χ1n) is 10.8. The largest absolute Gasteiger partial charge is 0.444 e. The number of carbonyl (C=O) groups is 1. The Morgan fingerprint density at radius 1 is 1.23 bits per heavy atom. The molecule has 2 aliphatic rings. The van der Waals surface area contributed by atoms with Gasteiger partial charge in [-0.05, 0) is 59.1 Å². The third-order valence-corrected chi connectivity index (χ3v) is 5.88. The molecular formula is C22H31ClN4O3. The molecule has 1 N–H and O–H groups in total. The van der Waals surface area contributed by atoms with E-state index in [9.17, 15) is 4.79 Å². The Balaban J connectivity index is 1.72. The first-order chi connectivity index (χ1) is 14.2. The molecule has 4 rings (SSSR count). The van der Waals surface area contributed by atoms with Crippen LogP contribution in [-0.2, 0) is 4.74 Å². The van der Waals surface area contributed by atoms with E-state index in [4.69, 9.17) is 25.7 Å². The van der Waals surface area contributed by atoms with E-state index in [2.05, 4.69) is 10.2 Å². The molecule has 2 aliphatic heterocycles. The fraction of sp³-hybridized carbons (Fsp3) is 0.636. The molecule has 2 saturated heterocycles. The van der Waals surface area contributed by atoms with E-state index in [1.165, 1.54) is 6.42 Å². The van der Waals surface area contributed by atoms with Crippen LogP contribution in [0.3, 0.4) is 0 Å². The van der Waals surface area contributed by atoms with Crippen LogP contribution in [0.25, 0.3) is 11.1 Å². The van der Waals surface area contributed by atoms with E-state index in [-0.39, 0.29) is 18.2 Å². The van der Waals surface area contributed by atoms with Crippen LogP contribution in [0.1, 0.15) is 58.9 Å². The van der Waals surface area contributed by atoms with E-state index in [0.717, 1.165) is 42.7 Å². The molecular weight excluding hydrogens is 404 g/mol. The zero-order valence-electron chi connectivity index (χ0n) is 18.2. The number of piperidine rings is 1. The van der Waals surface area contributed by atoms with Crippen LogP contribution in [0.4, 0.5) is 10.5 Å². The van der Waals surface area contributed by atoms with E-state index >= 15 is 0 Å². The lowest BCUT2D eigenvalue weighted by Crippen LogP contribution is -2.54. The van der Waals surface area contributed by atoms with E-state index in [1.54, 1.807) is 4.90 Å². The summed E-state index contributed by atoms with van der Waals surface area (Å²) in [5.41, 5.74) is 1.88. The van der Waals surface area contributed by atoms with Crippen LogP contribution >= 0.6 is 11.6 Å². The normalized spacial score (nSPS) is 23.1. The van der Waals surface area contributed by atoms with Gasteiger partial charge in [-0.3, -0.25) is 4.90 Å². The Hall–Kier alpha value is -1.99. The molecule has 1 aromatic heterocycles. The molecule has 0 aliphatic carbocycles. The Morgan fingerprint density at radius 2 is 1.97 bits per heavy atom. The summed E-state index contributed by atoms with van der Waals surface area (Å²) in [5, 5.41) is 4.07. The number of aromatic nitrogens is 1. The standard InChI is InChI=1S/C22H31ClN4O3/c1-14-18(27(11-8-24-14)21(28)30-22(2,3)4)20-25-16-12-15(23)13-17(19(16)29-20)26-9-6-5-7-10-26/h12-14,18,24H,5-11H2,1-4H3. The molecule has 1 amide bonds. The van der Waals surface area contributed by atoms with Gasteiger partial charge in [0.2, 0.25) is 5.89 Å². The minimum atomic E-state index is -0.563. The first-order valence-corrected chi connectivity index (χ1v) is 11.2. The minimum absolute atomic E-state index is 0.0201. The van der Waals surface area contributed by atoms with Crippen molar-refractivity contribution in [3.63, 3.8) is 0 Å². The number of nitrogens with one attached hydrogen (secondary N) is 1. The van der Waals surface area contributed by atoms with Gasteiger partial charge in [-0.15, -0.1) is 0 Å². The number of oxazole rings is 1. The second-order valence-corrected chi connectivity index (χ2v) is 9.67. The van der Waals surface area contributed by atoms with Crippen molar-refractivity contribution in [2.24, 2.45) is 0 Å². The second kappa shape index (κ2) is 8.27. The predicted octanol–water partition coefficient (Wildman–Crippen LogP) is 4.74. The highest BCUT2D eigenvalue weighted by atomic mass is 35.5. The summed E-state index contributed by atoms with van der Waals surface area (Å²) >= 11 is 6.41. The summed E-state index contributed by atoms with van der Waals surface area (Å²) in [7, 11) is 0. The van der Waals surface area contributed by atoms with Gasteiger partial charge in [0.15, 0.2) is 5.58 Å². The number of ether oxygens (including phenoxy) is 1. The van der Waals surface area contributed by atoms with Gasteiger partial charge in [-0.1, -0.05) is 11.6 Å². The van der Waals surface area contributed by atoms with Crippen molar-refractivity contribution in [3.05, 3.63) is 23.0 Å². The zero-order chi connectivity index (χ0) is 21.5. The van der Waals surface area contributed by atoms with Crippen molar-refractivity contribution in [2.45, 2.75) is 64.6 Å². The molecule has 2 atom stereocenters. The topological polar surface area (TPSA) is 70.8 Å². The molecule has 2 aromatic rings. The number of benzene rings is 1. The maximum atomic E-state index is 12.9. The van der Waals surface area contributed by atoms with Gasteiger partial charge in [0.05, 0.1) is 5.69 Å². The van der Waals surface area contributed by atoms with Gasteiger partial charge >= 0.3 is 6.09 Å². The number of fused-ring (bicyclic) bond motifs is 1. The summed E-state index contributed by atoms with van der Waals surface area (Å²) in [6.45, 7) is 10.8. The van der Waals surface area contributed by atoms with Crippen LogP contribution in [0, 0.1) is 0 Å². The second-order valence-electron chi connectivity index (χ2n) is 9.23. The molecule has 2 fully saturated rings. The number of rotatable bonds is 2. The molecule has 30 heavy (non-hydrogen) atoms. The monoisotopic (exact) mass is 434 g/mol. The first kappa shape index (κ1) is 21.2. The number of halogens is 1. The van der Waals surface area contributed by atoms with Crippen molar-refractivity contribution < 1.29 is 13.9 Å². The SMILES string of the molecule is CC1NCCN(C(=O)OC(C)(C)C)C1c1nc2cc(Cl)cc(N3CCCCC3)c2o1. The van der Waals surface area contributed by atoms with Gasteiger partial charge in [0, 0.05) is 37.2 Å². The van der Waals surface area contributed by atoms with E-state index < -0.39 is 5.60 Å². The van der Waals surface area contributed by atoms with Gasteiger partial charge in [-0.2, -0.15) is 0 Å². The van der Waals surface area contributed by atoms with Crippen LogP contribution in [0.5, 0.6) is 0 Å². The molecule has 0 bridgehead atoms. The lowest BCUT2D eigenvalue weighted by atomic mass is 10.1. The molecule has 3 heterocycles. The molecule has 1 aromatic carbocycles. The fourth-order valence-electron chi connectivity index (χ4n) is 4.30. The zero-order valence-corrected chi connectivity index (χ0v) is 19.0. The third kappa shape index (κ3) is 4.37. The highest BCUT2D eigenvalue weighted by Crippen LogP contribution is 2.37. The number of piperazine rings is 1. The summed E-state index contributed by atoms with van der Waals surface area (Å²) in [6.07, 6.45) is 3.21. The Bertz CT molecular complexity index is 917. The van der Waals surface area contributed by atoms with E-state index in [0.29, 0.717) is 24.0 Å². The van der Waals surface area contributed by atoms with Crippen molar-refractivity contribution in [1.29, 1.82) is 0 Å². The summed E-state index contributed by atoms with van der Waals surface area (Å²) < 4.78 is 12.0. The number of nitrogens with zero attached hydrogens (tertiary/aromatic N) is 3. The van der Waals surface area contributed by atoms with Gasteiger partial charge < -0.3 is 19.4 Å². The van der Waals surface area contributed by atoms with Gasteiger partial charge in [0.25, 0.3) is 0 Å². The molecule has 7 nitrogen and oxygen atoms in total. The van der Waals surface area contributed by atoms with Gasteiger partial charge in [-0.25, -0.2) is 9.78 Å². The number of hydrogen-bond acceptors (Lipinski definition) is 6. The Kier molecular flexibility index (Phi) is 5.86. The Morgan fingerprint density at radius 3 is 2.67 bits per heavy atom. The van der Waals surface area contributed by atoms with Crippen molar-refractivity contribution in [3.8, 4) is 0 Å². The summed E-state index contributed by atoms with van der Waals surface area (Å²) in [5.74, 6) is 0.510. The van der Waals surface area contributed by atoms with Crippen molar-refractivity contribution in [2.75, 3.05) is 31.1 Å². The minimum Gasteiger partial charge on any atom is -0.444 e. The van der Waals surface area contributed by atoms with Crippen LogP contribution < -0.4 is 10.2 Å². The fourth-order valence-corrected chi connectivity index (χ4v) is 4.51.